The number of carbonyl (C=O) groups is 2. The molecule has 20 heavy (non-hydrogen) atoms. The van der Waals surface area contributed by atoms with Crippen LogP contribution in [0, 0.1) is 0 Å². The lowest BCUT2D eigenvalue weighted by molar-refractivity contribution is -0.134. The number of amides is 2. The summed E-state index contributed by atoms with van der Waals surface area (Å²) in [5.41, 5.74) is 0.882. The van der Waals surface area contributed by atoms with Crippen molar-refractivity contribution in [2.24, 2.45) is 0 Å². The first-order valence-corrected chi connectivity index (χ1v) is 6.57. The summed E-state index contributed by atoms with van der Waals surface area (Å²) < 4.78 is 0. The Labute approximate surface area is 115 Å². The zero-order valence-electron chi connectivity index (χ0n) is 10.6. The van der Waals surface area contributed by atoms with Crippen LogP contribution in [-0.4, -0.2) is 17.9 Å². The predicted octanol–water partition coefficient (Wildman–Crippen LogP) is 1.76. The fourth-order valence-corrected chi connectivity index (χ4v) is 2.84. The van der Waals surface area contributed by atoms with Gasteiger partial charge in [0.15, 0.2) is 5.75 Å². The van der Waals surface area contributed by atoms with E-state index in [4.69, 9.17) is 4.84 Å². The van der Waals surface area contributed by atoms with Gasteiger partial charge in [-0.2, -0.15) is 5.06 Å². The smallest absolute Gasteiger partial charge is 0.252 e. The van der Waals surface area contributed by atoms with Crippen LogP contribution in [0.1, 0.15) is 12.8 Å². The molecule has 1 saturated heterocycles. The number of piperidine rings is 1. The summed E-state index contributed by atoms with van der Waals surface area (Å²) in [4.78, 5) is 29.1. The van der Waals surface area contributed by atoms with E-state index in [-0.39, 0.29) is 11.8 Å². The molecule has 5 nitrogen and oxygen atoms in total. The van der Waals surface area contributed by atoms with Crippen LogP contribution in [0.2, 0.25) is 0 Å². The summed E-state index contributed by atoms with van der Waals surface area (Å²) in [7, 11) is 0. The van der Waals surface area contributed by atoms with E-state index >= 15 is 0 Å². The Bertz CT molecular complexity index is 736. The highest BCUT2D eigenvalue weighted by atomic mass is 16.7. The number of nitrogens with one attached hydrogen (secondary N) is 1. The van der Waals surface area contributed by atoms with Crippen LogP contribution >= 0.6 is 0 Å². The average Bonchev–Trinajstić information content (AvgIpc) is 2.80. The number of hydroxylamine groups is 1. The van der Waals surface area contributed by atoms with Crippen molar-refractivity contribution in [1.82, 2.24) is 5.32 Å². The van der Waals surface area contributed by atoms with Crippen LogP contribution in [0.4, 0.5) is 5.69 Å². The summed E-state index contributed by atoms with van der Waals surface area (Å²) in [6.45, 7) is 0. The largest absolute Gasteiger partial charge is 0.378 e. The molecule has 2 amide bonds. The van der Waals surface area contributed by atoms with Crippen LogP contribution in [0.25, 0.3) is 10.8 Å². The highest BCUT2D eigenvalue weighted by Gasteiger charge is 2.37. The van der Waals surface area contributed by atoms with Crippen molar-refractivity contribution in [3.63, 3.8) is 0 Å². The first kappa shape index (κ1) is 11.3. The summed E-state index contributed by atoms with van der Waals surface area (Å²) in [6, 6.07) is 11.2. The molecule has 2 aliphatic rings. The molecule has 1 fully saturated rings. The number of hydrogen-bond acceptors (Lipinski definition) is 4. The van der Waals surface area contributed by atoms with Crippen LogP contribution in [0.3, 0.4) is 0 Å². The number of anilines is 1. The number of carbonyl (C=O) groups excluding carboxylic acids is 2. The van der Waals surface area contributed by atoms with Crippen LogP contribution in [0.5, 0.6) is 5.75 Å². The van der Waals surface area contributed by atoms with Crippen molar-refractivity contribution < 1.29 is 14.4 Å². The molecule has 100 valence electrons. The number of rotatable bonds is 1. The zero-order valence-corrected chi connectivity index (χ0v) is 10.6. The maximum absolute atomic E-state index is 12.0. The summed E-state index contributed by atoms with van der Waals surface area (Å²) in [5, 5.41) is 6.08. The van der Waals surface area contributed by atoms with Crippen molar-refractivity contribution >= 4 is 28.3 Å². The minimum atomic E-state index is -0.467. The Kier molecular flexibility index (Phi) is 2.24. The van der Waals surface area contributed by atoms with E-state index in [0.29, 0.717) is 12.8 Å². The quantitative estimate of drug-likeness (QED) is 0.801. The van der Waals surface area contributed by atoms with Gasteiger partial charge in [-0.05, 0) is 23.9 Å². The Hall–Kier alpha value is -2.56. The van der Waals surface area contributed by atoms with Gasteiger partial charge in [0.2, 0.25) is 5.91 Å². The van der Waals surface area contributed by atoms with Crippen molar-refractivity contribution in [2.45, 2.75) is 18.9 Å². The molecule has 0 aromatic heterocycles. The Balaban J connectivity index is 1.79. The molecule has 0 radical (unpaired) electrons. The molecule has 1 unspecified atom stereocenters. The fraction of sp³-hybridized carbons (Fsp3) is 0.200. The number of hydrogen-bond donors (Lipinski definition) is 1. The van der Waals surface area contributed by atoms with Crippen molar-refractivity contribution in [3.8, 4) is 5.75 Å². The number of benzene rings is 2. The third-order valence-electron chi connectivity index (χ3n) is 3.77. The molecule has 0 saturated carbocycles. The first-order chi connectivity index (χ1) is 9.74. The van der Waals surface area contributed by atoms with Gasteiger partial charge in [0.1, 0.15) is 6.04 Å². The minimum Gasteiger partial charge on any atom is -0.378 e. The van der Waals surface area contributed by atoms with Gasteiger partial charge in [-0.15, -0.1) is 0 Å². The van der Waals surface area contributed by atoms with E-state index < -0.39 is 6.04 Å². The van der Waals surface area contributed by atoms with Gasteiger partial charge >= 0.3 is 0 Å². The molecule has 1 N–H and O–H groups in total. The van der Waals surface area contributed by atoms with Gasteiger partial charge in [0.05, 0.1) is 11.1 Å². The molecule has 2 aromatic rings. The van der Waals surface area contributed by atoms with E-state index in [2.05, 4.69) is 5.32 Å². The normalized spacial score (nSPS) is 21.0. The molecule has 0 spiro atoms. The number of nitrogens with zero attached hydrogens (tertiary/aromatic N) is 1. The lowest BCUT2D eigenvalue weighted by Gasteiger charge is -2.29. The van der Waals surface area contributed by atoms with Crippen molar-refractivity contribution in [1.29, 1.82) is 0 Å². The summed E-state index contributed by atoms with van der Waals surface area (Å²) in [6.07, 6.45) is 0.803. The molecule has 2 aromatic carbocycles. The Morgan fingerprint density at radius 2 is 1.95 bits per heavy atom. The Morgan fingerprint density at radius 1 is 1.15 bits per heavy atom. The molecule has 1 atom stereocenters. The van der Waals surface area contributed by atoms with Gasteiger partial charge in [-0.1, -0.05) is 24.3 Å². The summed E-state index contributed by atoms with van der Waals surface area (Å²) in [5.74, 6) is 0.232. The molecule has 2 heterocycles. The van der Waals surface area contributed by atoms with E-state index in [0.717, 1.165) is 22.2 Å². The third kappa shape index (κ3) is 1.49. The molecule has 0 bridgehead atoms. The molecule has 2 aliphatic heterocycles. The lowest BCUT2D eigenvalue weighted by atomic mass is 10.0. The van der Waals surface area contributed by atoms with Gasteiger partial charge in [-0.25, -0.2) is 0 Å². The second-order valence-corrected chi connectivity index (χ2v) is 5.02. The maximum Gasteiger partial charge on any atom is 0.252 e. The van der Waals surface area contributed by atoms with Crippen LogP contribution in [-0.2, 0) is 9.59 Å². The monoisotopic (exact) mass is 268 g/mol. The highest BCUT2D eigenvalue weighted by molar-refractivity contribution is 6.05. The molecular formula is C15H12N2O3. The van der Waals surface area contributed by atoms with E-state index in [9.17, 15) is 9.59 Å². The second kappa shape index (κ2) is 3.96. The molecule has 0 aliphatic carbocycles. The van der Waals surface area contributed by atoms with E-state index in [1.54, 1.807) is 5.06 Å². The standard InChI is InChI=1S/C15H12N2O3/c18-13-8-7-11(15(19)16-13)17-10-5-1-3-9-4-2-6-12(20-17)14(9)10/h1-6,11H,7-8H2,(H,16,18,19). The average molecular weight is 268 g/mol. The van der Waals surface area contributed by atoms with Crippen molar-refractivity contribution in [3.05, 3.63) is 36.4 Å². The Morgan fingerprint density at radius 3 is 2.75 bits per heavy atom. The van der Waals surface area contributed by atoms with Gasteiger partial charge < -0.3 is 4.84 Å². The summed E-state index contributed by atoms with van der Waals surface area (Å²) >= 11 is 0. The van der Waals surface area contributed by atoms with Crippen molar-refractivity contribution in [2.75, 3.05) is 5.06 Å². The minimum absolute atomic E-state index is 0.221. The lowest BCUT2D eigenvalue weighted by Crippen LogP contribution is -2.53. The first-order valence-electron chi connectivity index (χ1n) is 6.57. The maximum atomic E-state index is 12.0. The number of imide groups is 1. The van der Waals surface area contributed by atoms with E-state index in [1.165, 1.54) is 0 Å². The zero-order chi connectivity index (χ0) is 13.7. The van der Waals surface area contributed by atoms with Gasteiger partial charge in [0, 0.05) is 6.42 Å². The highest BCUT2D eigenvalue weighted by Crippen LogP contribution is 2.42. The second-order valence-electron chi connectivity index (χ2n) is 5.02. The predicted molar refractivity (Wildman–Crippen MR) is 73.2 cm³/mol. The topological polar surface area (TPSA) is 58.6 Å². The third-order valence-corrected chi connectivity index (χ3v) is 3.77. The van der Waals surface area contributed by atoms with Crippen LogP contribution < -0.4 is 15.2 Å². The van der Waals surface area contributed by atoms with Gasteiger partial charge in [-0.3, -0.25) is 14.9 Å². The van der Waals surface area contributed by atoms with Gasteiger partial charge in [0.25, 0.3) is 5.91 Å². The fourth-order valence-electron chi connectivity index (χ4n) is 2.84. The molecule has 4 rings (SSSR count). The molecular weight excluding hydrogens is 256 g/mol. The van der Waals surface area contributed by atoms with Crippen LogP contribution in [0.15, 0.2) is 36.4 Å². The van der Waals surface area contributed by atoms with E-state index in [1.807, 2.05) is 36.4 Å². The molecule has 5 heteroatoms. The SMILES string of the molecule is O=C1CCC(N2Oc3cccc4cccc2c34)C(=O)N1.